The predicted molar refractivity (Wildman–Crippen MR) is 46.4 cm³/mol. The summed E-state index contributed by atoms with van der Waals surface area (Å²) in [5.41, 5.74) is 4.05. The highest BCUT2D eigenvalue weighted by Gasteiger charge is 2.12. The number of primary amides is 1. The molecule has 0 saturated heterocycles. The van der Waals surface area contributed by atoms with Gasteiger partial charge in [-0.1, -0.05) is 5.16 Å². The summed E-state index contributed by atoms with van der Waals surface area (Å²) < 4.78 is 4.68. The van der Waals surface area contributed by atoms with Crippen molar-refractivity contribution < 1.29 is 18.8 Å². The molecule has 0 aliphatic rings. The van der Waals surface area contributed by atoms with Crippen molar-refractivity contribution in [3.63, 3.8) is 0 Å². The molecule has 0 aliphatic carbocycles. The molecule has 0 aromatic carbocycles. The van der Waals surface area contributed by atoms with E-state index in [2.05, 4.69) is 14.4 Å². The average Bonchev–Trinajstić information content (AvgIpc) is 2.70. The summed E-state index contributed by atoms with van der Waals surface area (Å²) in [5.74, 6) is -2.10. The quantitative estimate of drug-likeness (QED) is 0.418. The minimum Gasteiger partial charge on any atom is -0.457 e. The number of hydrogen-bond acceptors (Lipinski definition) is 6. The molecule has 7 heteroatoms. The lowest BCUT2D eigenvalue weighted by Crippen LogP contribution is -2.22. The predicted octanol–water partition coefficient (Wildman–Crippen LogP) is -0.199. The first kappa shape index (κ1) is 10.5. The van der Waals surface area contributed by atoms with Gasteiger partial charge in [-0.15, -0.1) is 0 Å². The van der Waals surface area contributed by atoms with Crippen LogP contribution in [-0.2, 0) is 9.63 Å². The van der Waals surface area contributed by atoms with Crippen molar-refractivity contribution in [1.82, 2.24) is 0 Å². The Labute approximate surface area is 83.7 Å². The van der Waals surface area contributed by atoms with Gasteiger partial charge in [-0.2, -0.15) is 5.26 Å². The van der Waals surface area contributed by atoms with Crippen molar-refractivity contribution in [2.45, 2.75) is 0 Å². The van der Waals surface area contributed by atoms with Crippen molar-refractivity contribution >= 4 is 17.6 Å². The molecule has 1 rings (SSSR count). The van der Waals surface area contributed by atoms with Crippen LogP contribution in [0.2, 0.25) is 0 Å². The van der Waals surface area contributed by atoms with Gasteiger partial charge in [-0.3, -0.25) is 4.79 Å². The Kier molecular flexibility index (Phi) is 3.19. The van der Waals surface area contributed by atoms with Crippen LogP contribution in [0.3, 0.4) is 0 Å². The molecule has 1 aromatic rings. The Hall–Kier alpha value is -2.62. The van der Waals surface area contributed by atoms with Gasteiger partial charge in [-0.25, -0.2) is 4.79 Å². The molecular weight excluding hydrogens is 202 g/mol. The number of carbonyl (C=O) groups excluding carboxylic acids is 2. The third-order valence-corrected chi connectivity index (χ3v) is 1.28. The number of carbonyl (C=O) groups is 2. The number of amides is 1. The van der Waals surface area contributed by atoms with Gasteiger partial charge >= 0.3 is 5.97 Å². The summed E-state index contributed by atoms with van der Waals surface area (Å²) in [5, 5.41) is 11.3. The summed E-state index contributed by atoms with van der Waals surface area (Å²) in [7, 11) is 0. The maximum absolute atomic E-state index is 11.1. The van der Waals surface area contributed by atoms with E-state index >= 15 is 0 Å². The van der Waals surface area contributed by atoms with Gasteiger partial charge in [-0.05, 0) is 12.1 Å². The Morgan fingerprint density at radius 2 is 2.33 bits per heavy atom. The molecule has 0 atom stereocenters. The van der Waals surface area contributed by atoms with Gasteiger partial charge in [0.15, 0.2) is 0 Å². The van der Waals surface area contributed by atoms with Crippen molar-refractivity contribution in [2.75, 3.05) is 0 Å². The summed E-state index contributed by atoms with van der Waals surface area (Å²) in [6.07, 6.45) is 1.26. The van der Waals surface area contributed by atoms with Crippen LogP contribution in [0.5, 0.6) is 0 Å². The number of nitrogens with zero attached hydrogens (tertiary/aromatic N) is 2. The van der Waals surface area contributed by atoms with Gasteiger partial charge in [0, 0.05) is 0 Å². The number of nitrogens with two attached hydrogens (primary N) is 1. The highest BCUT2D eigenvalue weighted by atomic mass is 16.7. The average molecular weight is 207 g/mol. The van der Waals surface area contributed by atoms with Crippen LogP contribution in [0, 0.1) is 11.3 Å². The Balaban J connectivity index is 2.69. The topological polar surface area (TPSA) is 119 Å². The molecule has 0 aliphatic heterocycles. The zero-order valence-electron chi connectivity index (χ0n) is 7.34. The van der Waals surface area contributed by atoms with Gasteiger partial charge in [0.25, 0.3) is 5.91 Å². The summed E-state index contributed by atoms with van der Waals surface area (Å²) in [4.78, 5) is 25.8. The molecular formula is C8H5N3O4. The fraction of sp³-hybridized carbons (Fsp3) is 0. The molecule has 0 spiro atoms. The molecule has 1 aromatic heterocycles. The molecule has 2 N–H and O–H groups in total. The minimum absolute atomic E-state index is 0.0967. The normalized spacial score (nSPS) is 10.5. The van der Waals surface area contributed by atoms with Gasteiger partial charge in [0.05, 0.1) is 6.26 Å². The first-order valence-electron chi connectivity index (χ1n) is 3.68. The first-order valence-corrected chi connectivity index (χ1v) is 3.68. The van der Waals surface area contributed by atoms with Crippen LogP contribution in [0.4, 0.5) is 0 Å². The summed E-state index contributed by atoms with van der Waals surface area (Å²) in [6, 6.07) is 4.18. The Morgan fingerprint density at radius 3 is 2.80 bits per heavy atom. The SMILES string of the molecule is N#C/C(=N\OC(=O)c1ccco1)C(N)=O. The van der Waals surface area contributed by atoms with Gasteiger partial charge < -0.3 is 15.0 Å². The number of furan rings is 1. The summed E-state index contributed by atoms with van der Waals surface area (Å²) >= 11 is 0. The van der Waals surface area contributed by atoms with E-state index in [-0.39, 0.29) is 5.76 Å². The van der Waals surface area contributed by atoms with Crippen LogP contribution in [0.25, 0.3) is 0 Å². The molecule has 1 heterocycles. The van der Waals surface area contributed by atoms with Crippen LogP contribution in [0.15, 0.2) is 28.0 Å². The van der Waals surface area contributed by atoms with E-state index in [1.54, 1.807) is 0 Å². The van der Waals surface area contributed by atoms with E-state index in [1.807, 2.05) is 0 Å². The van der Waals surface area contributed by atoms with Crippen LogP contribution in [0.1, 0.15) is 10.6 Å². The van der Waals surface area contributed by atoms with Crippen molar-refractivity contribution in [2.24, 2.45) is 10.9 Å². The monoisotopic (exact) mass is 207 g/mol. The molecule has 15 heavy (non-hydrogen) atoms. The van der Waals surface area contributed by atoms with E-state index in [1.165, 1.54) is 24.5 Å². The second kappa shape index (κ2) is 4.57. The van der Waals surface area contributed by atoms with Crippen molar-refractivity contribution in [1.29, 1.82) is 5.26 Å². The highest BCUT2D eigenvalue weighted by Crippen LogP contribution is 2.02. The van der Waals surface area contributed by atoms with Crippen LogP contribution < -0.4 is 5.73 Å². The molecule has 0 unspecified atom stereocenters. The van der Waals surface area contributed by atoms with E-state index in [9.17, 15) is 9.59 Å². The van der Waals surface area contributed by atoms with E-state index < -0.39 is 17.6 Å². The van der Waals surface area contributed by atoms with Crippen molar-refractivity contribution in [3.05, 3.63) is 24.2 Å². The molecule has 7 nitrogen and oxygen atoms in total. The summed E-state index contributed by atoms with van der Waals surface area (Å²) in [6.45, 7) is 0. The maximum atomic E-state index is 11.1. The number of rotatable bonds is 3. The standard InChI is InChI=1S/C8H5N3O4/c9-4-5(7(10)12)11-15-8(13)6-2-1-3-14-6/h1-3H,(H2,10,12)/b11-5+. The fourth-order valence-electron chi connectivity index (χ4n) is 0.647. The Morgan fingerprint density at radius 1 is 1.60 bits per heavy atom. The third-order valence-electron chi connectivity index (χ3n) is 1.28. The lowest BCUT2D eigenvalue weighted by molar-refractivity contribution is -0.112. The maximum Gasteiger partial charge on any atom is 0.400 e. The first-order chi connectivity index (χ1) is 7.15. The zero-order chi connectivity index (χ0) is 11.3. The second-order valence-corrected chi connectivity index (χ2v) is 2.27. The molecule has 0 radical (unpaired) electrons. The molecule has 0 bridgehead atoms. The van der Waals surface area contributed by atoms with E-state index in [4.69, 9.17) is 11.0 Å². The van der Waals surface area contributed by atoms with Crippen LogP contribution >= 0.6 is 0 Å². The number of nitriles is 1. The molecule has 0 fully saturated rings. The van der Waals surface area contributed by atoms with E-state index in [0.29, 0.717) is 0 Å². The van der Waals surface area contributed by atoms with Crippen molar-refractivity contribution in [3.8, 4) is 6.07 Å². The number of hydrogen-bond donors (Lipinski definition) is 1. The second-order valence-electron chi connectivity index (χ2n) is 2.27. The lowest BCUT2D eigenvalue weighted by Gasteiger charge is -1.93. The van der Waals surface area contributed by atoms with Crippen LogP contribution in [-0.4, -0.2) is 17.6 Å². The zero-order valence-corrected chi connectivity index (χ0v) is 7.34. The third kappa shape index (κ3) is 2.67. The van der Waals surface area contributed by atoms with Gasteiger partial charge in [0.1, 0.15) is 6.07 Å². The van der Waals surface area contributed by atoms with Gasteiger partial charge in [0.2, 0.25) is 11.5 Å². The molecule has 1 amide bonds. The fourth-order valence-corrected chi connectivity index (χ4v) is 0.647. The Bertz CT molecular complexity index is 441. The molecule has 0 saturated carbocycles. The number of oxime groups is 1. The molecule has 76 valence electrons. The highest BCUT2D eigenvalue weighted by molar-refractivity contribution is 6.44. The van der Waals surface area contributed by atoms with E-state index in [0.717, 1.165) is 0 Å². The smallest absolute Gasteiger partial charge is 0.400 e. The largest absolute Gasteiger partial charge is 0.457 e. The lowest BCUT2D eigenvalue weighted by atomic mass is 10.4. The minimum atomic E-state index is -1.08.